The fourth-order valence-electron chi connectivity index (χ4n) is 6.25. The van der Waals surface area contributed by atoms with Crippen molar-refractivity contribution in [3.8, 4) is 5.75 Å². The fraction of sp³-hybridized carbons (Fsp3) is 0.395. The van der Waals surface area contributed by atoms with Crippen LogP contribution in [0.3, 0.4) is 0 Å². The van der Waals surface area contributed by atoms with Crippen molar-refractivity contribution < 1.29 is 28.7 Å². The summed E-state index contributed by atoms with van der Waals surface area (Å²) in [6.45, 7) is 7.66. The maximum atomic E-state index is 14.1. The van der Waals surface area contributed by atoms with Crippen LogP contribution in [0.2, 0.25) is 0 Å². The van der Waals surface area contributed by atoms with Crippen molar-refractivity contribution in [1.82, 2.24) is 20.4 Å². The lowest BCUT2D eigenvalue weighted by Crippen LogP contribution is -2.61. The Balaban J connectivity index is 1.55. The zero-order valence-electron chi connectivity index (χ0n) is 28.7. The van der Waals surface area contributed by atoms with E-state index in [1.165, 1.54) is 4.90 Å². The van der Waals surface area contributed by atoms with Crippen molar-refractivity contribution in [1.29, 1.82) is 0 Å². The summed E-state index contributed by atoms with van der Waals surface area (Å²) in [6.07, 6.45) is 0.986. The first kappa shape index (κ1) is 36.6. The molecule has 0 saturated carbocycles. The topological polar surface area (TPSA) is 151 Å². The monoisotopic (exact) mass is 669 g/mol. The molecule has 3 aromatic rings. The summed E-state index contributed by atoms with van der Waals surface area (Å²) in [5.41, 5.74) is 9.01. The van der Waals surface area contributed by atoms with E-state index in [1.807, 2.05) is 107 Å². The SMILES string of the molecule is Cc1cccc(C)c1OCC(=O)N[C@@H](Cc1ccccc1)C(=O)C[C@H](Cc1ccccc1)NC(=O)[C@H](C(C)C)N1CCCN(C(N)=O)C1=O. The summed E-state index contributed by atoms with van der Waals surface area (Å²) in [4.78, 5) is 68.7. The molecule has 0 spiro atoms. The van der Waals surface area contributed by atoms with Crippen molar-refractivity contribution in [3.05, 3.63) is 101 Å². The Kier molecular flexibility index (Phi) is 12.9. The van der Waals surface area contributed by atoms with E-state index in [1.54, 1.807) is 0 Å². The number of Topliss-reactive ketones (excluding diaryl/α,β-unsaturated/α-hetero) is 1. The summed E-state index contributed by atoms with van der Waals surface area (Å²) in [5.74, 6) is -0.815. The Labute approximate surface area is 288 Å². The molecule has 4 rings (SSSR count). The van der Waals surface area contributed by atoms with Crippen molar-refractivity contribution in [2.75, 3.05) is 19.7 Å². The number of nitrogens with two attached hydrogens (primary N) is 1. The first-order valence-electron chi connectivity index (χ1n) is 16.7. The number of ether oxygens (including phenoxy) is 1. The van der Waals surface area contributed by atoms with Gasteiger partial charge < -0.3 is 26.0 Å². The number of imide groups is 1. The molecule has 4 N–H and O–H groups in total. The molecular weight excluding hydrogens is 622 g/mol. The molecule has 0 bridgehead atoms. The van der Waals surface area contributed by atoms with E-state index in [9.17, 15) is 24.0 Å². The molecular formula is C38H47N5O6. The average molecular weight is 670 g/mol. The Hall–Kier alpha value is -5.19. The van der Waals surface area contributed by atoms with E-state index in [0.29, 0.717) is 18.6 Å². The Morgan fingerprint density at radius 3 is 1.98 bits per heavy atom. The van der Waals surface area contributed by atoms with Crippen LogP contribution in [0.15, 0.2) is 78.9 Å². The molecule has 49 heavy (non-hydrogen) atoms. The number of rotatable bonds is 15. The van der Waals surface area contributed by atoms with Crippen LogP contribution < -0.4 is 21.1 Å². The van der Waals surface area contributed by atoms with Gasteiger partial charge in [-0.3, -0.25) is 14.4 Å². The second-order valence-corrected chi connectivity index (χ2v) is 12.9. The zero-order chi connectivity index (χ0) is 35.5. The minimum atomic E-state index is -0.898. The number of ketones is 1. The molecule has 0 aliphatic carbocycles. The lowest BCUT2D eigenvalue weighted by Gasteiger charge is -2.40. The number of carbonyl (C=O) groups is 5. The summed E-state index contributed by atoms with van der Waals surface area (Å²) < 4.78 is 5.87. The number of aryl methyl sites for hydroxylation is 2. The van der Waals surface area contributed by atoms with Gasteiger partial charge in [0.1, 0.15) is 11.8 Å². The van der Waals surface area contributed by atoms with E-state index in [-0.39, 0.29) is 44.2 Å². The number of nitrogens with one attached hydrogen (secondary N) is 2. The summed E-state index contributed by atoms with van der Waals surface area (Å²) in [5, 5.41) is 5.93. The standard InChI is InChI=1S/C38H47N5O6/c1-25(2)34(42-19-12-20-43(37(39)47)38(42)48)36(46)40-30(21-28-15-7-5-8-16-28)23-32(44)31(22-29-17-9-6-10-18-29)41-33(45)24-49-35-26(3)13-11-14-27(35)4/h5-11,13-18,25,30-31,34H,12,19-24H2,1-4H3,(H2,39,47)(H,40,46)(H,41,45)/t30-,31-,34-/m0/s1. The molecule has 0 radical (unpaired) electrons. The molecule has 0 unspecified atom stereocenters. The van der Waals surface area contributed by atoms with Crippen molar-refractivity contribution in [2.24, 2.45) is 11.7 Å². The largest absolute Gasteiger partial charge is 0.483 e. The number of primary amides is 1. The summed E-state index contributed by atoms with van der Waals surface area (Å²) >= 11 is 0. The Bertz CT molecular complexity index is 1590. The number of nitrogens with zero attached hydrogens (tertiary/aromatic N) is 2. The third-order valence-corrected chi connectivity index (χ3v) is 8.64. The van der Waals surface area contributed by atoms with Gasteiger partial charge in [-0.15, -0.1) is 0 Å². The van der Waals surface area contributed by atoms with Gasteiger partial charge in [0.2, 0.25) is 5.91 Å². The lowest BCUT2D eigenvalue weighted by molar-refractivity contribution is -0.130. The van der Waals surface area contributed by atoms with Crippen LogP contribution in [0, 0.1) is 19.8 Å². The second-order valence-electron chi connectivity index (χ2n) is 12.9. The fourth-order valence-corrected chi connectivity index (χ4v) is 6.25. The molecule has 3 aromatic carbocycles. The molecule has 1 saturated heterocycles. The highest BCUT2D eigenvalue weighted by atomic mass is 16.5. The van der Waals surface area contributed by atoms with Crippen LogP contribution >= 0.6 is 0 Å². The van der Waals surface area contributed by atoms with Gasteiger partial charge in [-0.2, -0.15) is 0 Å². The first-order chi connectivity index (χ1) is 23.4. The van der Waals surface area contributed by atoms with Gasteiger partial charge in [0.05, 0.1) is 6.04 Å². The third kappa shape index (κ3) is 10.2. The predicted octanol–water partition coefficient (Wildman–Crippen LogP) is 4.33. The van der Waals surface area contributed by atoms with Crippen LogP contribution in [0.25, 0.3) is 0 Å². The van der Waals surface area contributed by atoms with E-state index in [4.69, 9.17) is 10.5 Å². The third-order valence-electron chi connectivity index (χ3n) is 8.64. The van der Waals surface area contributed by atoms with E-state index < -0.39 is 42.0 Å². The number of urea groups is 2. The molecule has 1 aliphatic rings. The Morgan fingerprint density at radius 2 is 1.41 bits per heavy atom. The van der Waals surface area contributed by atoms with Gasteiger partial charge >= 0.3 is 12.1 Å². The number of carbonyl (C=O) groups excluding carboxylic acids is 5. The van der Waals surface area contributed by atoms with Gasteiger partial charge in [-0.25, -0.2) is 14.5 Å². The molecule has 11 heteroatoms. The second kappa shape index (κ2) is 17.3. The maximum Gasteiger partial charge on any atom is 0.328 e. The van der Waals surface area contributed by atoms with Gasteiger partial charge in [0, 0.05) is 25.6 Å². The lowest BCUT2D eigenvalue weighted by atomic mass is 9.93. The highest BCUT2D eigenvalue weighted by Gasteiger charge is 2.39. The normalized spacial score (nSPS) is 14.9. The van der Waals surface area contributed by atoms with Crippen LogP contribution in [0.5, 0.6) is 5.75 Å². The van der Waals surface area contributed by atoms with E-state index in [2.05, 4.69) is 10.6 Å². The molecule has 1 aliphatic heterocycles. The van der Waals surface area contributed by atoms with Gasteiger partial charge in [-0.05, 0) is 61.3 Å². The number of amides is 6. The maximum absolute atomic E-state index is 14.1. The first-order valence-corrected chi connectivity index (χ1v) is 16.7. The van der Waals surface area contributed by atoms with Crippen LogP contribution in [0.4, 0.5) is 9.59 Å². The average Bonchev–Trinajstić information content (AvgIpc) is 3.05. The van der Waals surface area contributed by atoms with Crippen molar-refractivity contribution >= 4 is 29.7 Å². The van der Waals surface area contributed by atoms with Crippen LogP contribution in [0.1, 0.15) is 48.9 Å². The van der Waals surface area contributed by atoms with Crippen LogP contribution in [-0.4, -0.2) is 77.3 Å². The molecule has 260 valence electrons. The van der Waals surface area contributed by atoms with E-state index >= 15 is 0 Å². The predicted molar refractivity (Wildman–Crippen MR) is 187 cm³/mol. The molecule has 1 fully saturated rings. The number of hydrogen-bond acceptors (Lipinski definition) is 6. The molecule has 6 amide bonds. The van der Waals surface area contributed by atoms with Gasteiger partial charge in [0.15, 0.2) is 12.4 Å². The highest BCUT2D eigenvalue weighted by molar-refractivity contribution is 5.96. The molecule has 0 aromatic heterocycles. The summed E-state index contributed by atoms with van der Waals surface area (Å²) in [7, 11) is 0. The van der Waals surface area contributed by atoms with Crippen molar-refractivity contribution in [3.63, 3.8) is 0 Å². The number of hydrogen-bond donors (Lipinski definition) is 3. The van der Waals surface area contributed by atoms with Gasteiger partial charge in [-0.1, -0.05) is 92.7 Å². The minimum absolute atomic E-state index is 0.0810. The number of benzene rings is 3. The van der Waals surface area contributed by atoms with Crippen molar-refractivity contribution in [2.45, 2.75) is 71.5 Å². The minimum Gasteiger partial charge on any atom is -0.483 e. The molecule has 1 heterocycles. The van der Waals surface area contributed by atoms with Gasteiger partial charge in [0.25, 0.3) is 5.91 Å². The smallest absolute Gasteiger partial charge is 0.328 e. The summed E-state index contributed by atoms with van der Waals surface area (Å²) in [6, 6.07) is 20.7. The molecule has 3 atom stereocenters. The Morgan fingerprint density at radius 1 is 0.816 bits per heavy atom. The zero-order valence-corrected chi connectivity index (χ0v) is 28.7. The van der Waals surface area contributed by atoms with E-state index in [0.717, 1.165) is 27.2 Å². The van der Waals surface area contributed by atoms with Crippen LogP contribution in [-0.2, 0) is 27.2 Å². The highest BCUT2D eigenvalue weighted by Crippen LogP contribution is 2.23. The molecule has 11 nitrogen and oxygen atoms in total. The number of para-hydroxylation sites is 1. The quantitative estimate of drug-likeness (QED) is 0.219.